The van der Waals surface area contributed by atoms with Crippen LogP contribution in [0.15, 0.2) is 147 Å². The molecule has 11 heterocycles. The molecule has 0 amide bonds. The van der Waals surface area contributed by atoms with Gasteiger partial charge in [0.2, 0.25) is 16.5 Å². The average Bonchev–Trinajstić information content (AvgIpc) is 2.40. The van der Waals surface area contributed by atoms with Crippen molar-refractivity contribution >= 4 is 86.4 Å². The molecule has 0 aliphatic carbocycles. The summed E-state index contributed by atoms with van der Waals surface area (Å²) in [7, 11) is 9.63. The van der Waals surface area contributed by atoms with Crippen LogP contribution in [-0.4, -0.2) is 164 Å². The Labute approximate surface area is 542 Å². The summed E-state index contributed by atoms with van der Waals surface area (Å²) in [5.41, 5.74) is 10.7. The van der Waals surface area contributed by atoms with Gasteiger partial charge in [-0.2, -0.15) is 9.97 Å². The second-order valence-corrected chi connectivity index (χ2v) is 21.3. The highest BCUT2D eigenvalue weighted by Crippen LogP contribution is 2.33. The van der Waals surface area contributed by atoms with E-state index < -0.39 is 0 Å². The monoisotopic (exact) mass is 1310 g/mol. The number of aliphatic hydroxyl groups excluding tert-OH is 2. The van der Waals surface area contributed by atoms with Gasteiger partial charge in [-0.1, -0.05) is 11.6 Å². The molecule has 3 aromatic carbocycles. The van der Waals surface area contributed by atoms with Crippen molar-refractivity contribution in [1.29, 1.82) is 0 Å². The Morgan fingerprint density at radius 1 is 0.533 bits per heavy atom. The van der Waals surface area contributed by atoms with Gasteiger partial charge in [0.1, 0.15) is 53.0 Å². The molecule has 12 aromatic rings. The zero-order valence-corrected chi connectivity index (χ0v) is 53.1. The predicted molar refractivity (Wildman–Crippen MR) is 351 cm³/mol. The molecular weight excluding hydrogens is 1250 g/mol. The molecule has 480 valence electrons. The highest BCUT2D eigenvalue weighted by Gasteiger charge is 2.27. The van der Waals surface area contributed by atoms with Gasteiger partial charge in [-0.15, -0.1) is 15.3 Å². The number of ether oxygens (including phenoxy) is 6. The smallest absolute Gasteiger partial charge is 0.245 e. The van der Waals surface area contributed by atoms with Crippen LogP contribution in [0, 0.1) is 0 Å². The molecule has 9 aromatic heterocycles. The van der Waals surface area contributed by atoms with Crippen molar-refractivity contribution in [1.82, 2.24) is 77.8 Å². The number of hydrogen-bond acceptors (Lipinski definition) is 22. The van der Waals surface area contributed by atoms with Gasteiger partial charge in [-0.3, -0.25) is 0 Å². The first-order valence-corrected chi connectivity index (χ1v) is 29.8. The molecule has 0 radical (unpaired) electrons. The summed E-state index contributed by atoms with van der Waals surface area (Å²) in [5.74, 6) is 7.56. The molecule has 2 saturated heterocycles. The summed E-state index contributed by atoms with van der Waals surface area (Å²) in [4.78, 5) is 27.7. The average molecular weight is 1310 g/mol. The van der Waals surface area contributed by atoms with E-state index in [1.807, 2.05) is 123 Å². The number of nitrogen functional groups attached to an aromatic ring is 1. The number of hydrogen-bond donors (Lipinski definition) is 6. The Morgan fingerprint density at radius 3 is 1.46 bits per heavy atom. The van der Waals surface area contributed by atoms with E-state index in [0.717, 1.165) is 66.0 Å². The van der Waals surface area contributed by atoms with E-state index in [2.05, 4.69) is 61.1 Å². The van der Waals surface area contributed by atoms with Gasteiger partial charge in [0, 0.05) is 49.4 Å². The van der Waals surface area contributed by atoms with Crippen molar-refractivity contribution in [3.05, 3.63) is 163 Å². The summed E-state index contributed by atoms with van der Waals surface area (Å²) >= 11 is 17.3. The molecule has 2 aliphatic rings. The highest BCUT2D eigenvalue weighted by atomic mass is 35.5. The number of methoxy groups -OCH3 is 6. The lowest BCUT2D eigenvalue weighted by Crippen LogP contribution is -2.34. The summed E-state index contributed by atoms with van der Waals surface area (Å²) in [6.45, 7) is 2.31. The number of nitrogens with two attached hydrogens (primary N) is 1. The molecule has 2 atom stereocenters. The van der Waals surface area contributed by atoms with Gasteiger partial charge < -0.3 is 78.9 Å². The number of aliphatic hydroxyl groups is 2. The molecule has 28 nitrogen and oxygen atoms in total. The minimum absolute atomic E-state index is 0.0418. The van der Waals surface area contributed by atoms with Crippen molar-refractivity contribution in [2.24, 2.45) is 0 Å². The van der Waals surface area contributed by atoms with Gasteiger partial charge in [0.25, 0.3) is 0 Å². The topological polar surface area (TPSA) is 305 Å². The lowest BCUT2D eigenvalue weighted by Gasteiger charge is -2.23. The molecule has 31 heteroatoms. The highest BCUT2D eigenvalue weighted by molar-refractivity contribution is 6.34. The van der Waals surface area contributed by atoms with E-state index in [1.54, 1.807) is 93.8 Å². The molecule has 14 rings (SSSR count). The van der Waals surface area contributed by atoms with E-state index >= 15 is 0 Å². The van der Waals surface area contributed by atoms with Gasteiger partial charge in [-0.05, 0) is 128 Å². The second-order valence-electron chi connectivity index (χ2n) is 20.2. The van der Waals surface area contributed by atoms with Crippen molar-refractivity contribution in [3.63, 3.8) is 0 Å². The van der Waals surface area contributed by atoms with Crippen LogP contribution >= 0.6 is 34.8 Å². The van der Waals surface area contributed by atoms with Crippen LogP contribution in [0.5, 0.6) is 34.5 Å². The fourth-order valence-corrected chi connectivity index (χ4v) is 10.6. The van der Waals surface area contributed by atoms with E-state index in [-0.39, 0.29) is 23.2 Å². The molecule has 7 N–H and O–H groups in total. The van der Waals surface area contributed by atoms with E-state index in [4.69, 9.17) is 79.0 Å². The van der Waals surface area contributed by atoms with Gasteiger partial charge in [0.05, 0.1) is 97.6 Å². The minimum Gasteiger partial charge on any atom is -0.493 e. The Morgan fingerprint density at radius 2 is 1.00 bits per heavy atom. The second kappa shape index (κ2) is 30.6. The number of rotatable bonds is 16. The summed E-state index contributed by atoms with van der Waals surface area (Å²) in [5, 5.41) is 41.2. The molecule has 2 aliphatic heterocycles. The first kappa shape index (κ1) is 64.9. The third-order valence-corrected chi connectivity index (χ3v) is 15.1. The van der Waals surface area contributed by atoms with Gasteiger partial charge in [-0.25, -0.2) is 33.5 Å². The number of aromatic nitrogens is 15. The maximum absolute atomic E-state index is 9.71. The summed E-state index contributed by atoms with van der Waals surface area (Å²) in [6.07, 6.45) is 20.3. The lowest BCUT2D eigenvalue weighted by atomic mass is 10.2. The molecule has 2 fully saturated rings. The van der Waals surface area contributed by atoms with Crippen LogP contribution in [-0.2, 0) is 0 Å². The molecular formula is C61H67Cl3N20O8. The standard InChI is InChI=1S/C22H25N7O3.C17H15ClN6O2.C11H13N3O2.C6H3Cl2N3.C5H11NO/c1-31-18-8-7-15(11-19(18)32-2)27-12-20(23-14-27)24-21-17-6-4-10-29(17)26-22(25-21)28-9-3-5-16(28)13-30;1-25-13-6-5-11(8-14(13)26-2)23-9-15(19-10-23)20-16-12-4-3-7-24(12)22-17(18)21-16;1-15-9-4-3-8(5-10(9)16-2)14-6-11(12)13-7-14;7-5-4-2-1-3-11(4)10-6(8)9-5;7-4-5-2-1-3-6-5/h4,6-8,10-12,14,16,30H,3,5,9,13H2,1-2H3,(H,24,25,26);3-10H,1-2H3,(H,20,21,22);3-7H,12H2,1-2H3;1-3H;5-7H,1-4H2/t16-;;;;5-/m0...0/s1. The van der Waals surface area contributed by atoms with E-state index in [9.17, 15) is 5.11 Å². The Bertz CT molecular complexity index is 4370. The van der Waals surface area contributed by atoms with Crippen molar-refractivity contribution < 1.29 is 38.6 Å². The van der Waals surface area contributed by atoms with E-state index in [1.165, 1.54) is 6.42 Å². The zero-order valence-electron chi connectivity index (χ0n) is 50.9. The maximum atomic E-state index is 9.71. The maximum Gasteiger partial charge on any atom is 0.245 e. The van der Waals surface area contributed by atoms with Gasteiger partial charge >= 0.3 is 0 Å². The summed E-state index contributed by atoms with van der Waals surface area (Å²) in [6, 6.07) is 28.6. The fraction of sp³-hybridized carbons (Fsp3) is 0.262. The number of halogens is 3. The van der Waals surface area contributed by atoms with Crippen molar-refractivity contribution in [2.45, 2.75) is 37.8 Å². The largest absolute Gasteiger partial charge is 0.493 e. The Kier molecular flexibility index (Phi) is 21.6. The van der Waals surface area contributed by atoms with Crippen LogP contribution in [0.4, 0.5) is 35.0 Å². The number of fused-ring (bicyclic) bond motifs is 3. The third-order valence-electron chi connectivity index (χ3n) is 14.5. The number of imidazole rings is 3. The van der Waals surface area contributed by atoms with Crippen LogP contribution in [0.3, 0.4) is 0 Å². The van der Waals surface area contributed by atoms with Gasteiger partial charge in [0.15, 0.2) is 51.3 Å². The zero-order chi connectivity index (χ0) is 64.7. The summed E-state index contributed by atoms with van der Waals surface area (Å²) < 4.78 is 42.3. The number of anilines is 6. The van der Waals surface area contributed by atoms with Crippen molar-refractivity contribution in [3.8, 4) is 51.6 Å². The molecule has 92 heavy (non-hydrogen) atoms. The minimum atomic E-state index is 0.0418. The van der Waals surface area contributed by atoms with Crippen LogP contribution in [0.25, 0.3) is 33.6 Å². The van der Waals surface area contributed by atoms with Crippen LogP contribution < -0.4 is 55.0 Å². The lowest BCUT2D eigenvalue weighted by molar-refractivity contribution is 0.255. The van der Waals surface area contributed by atoms with Crippen molar-refractivity contribution in [2.75, 3.05) is 90.2 Å². The van der Waals surface area contributed by atoms with Crippen LogP contribution in [0.1, 0.15) is 25.7 Å². The van der Waals surface area contributed by atoms with Crippen LogP contribution in [0.2, 0.25) is 15.7 Å². The third kappa shape index (κ3) is 15.5. The quantitative estimate of drug-likeness (QED) is 0.0525. The number of nitrogens with one attached hydrogen (secondary N) is 3. The molecule has 0 saturated carbocycles. The molecule has 0 unspecified atom stereocenters. The fourth-order valence-electron chi connectivity index (χ4n) is 9.95. The van der Waals surface area contributed by atoms with E-state index in [0.29, 0.717) is 87.3 Å². The Balaban J connectivity index is 0.000000137. The first-order chi connectivity index (χ1) is 44.8. The normalized spacial score (nSPS) is 14.1. The first-order valence-electron chi connectivity index (χ1n) is 28.7. The number of nitrogens with zero attached hydrogens (tertiary/aromatic N) is 16. The predicted octanol–water partition coefficient (Wildman–Crippen LogP) is 9.20. The Hall–Kier alpha value is -10.1. The number of benzene rings is 3. The molecule has 0 bridgehead atoms. The SMILES string of the molecule is COc1ccc(-n2cnc(N)c2)cc1OC.COc1ccc(-n2cnc(Nc3nc(Cl)nn4cccc34)c2)cc1OC.COc1ccc(-n2cnc(Nc3nc(N4CCC[C@H]4CO)nn4cccc34)c2)cc1OC.Clc1nc(Cl)c2cccn2n1.OC[C@@H]1CCCN1. The molecule has 0 spiro atoms.